The van der Waals surface area contributed by atoms with Gasteiger partial charge in [-0.2, -0.15) is 0 Å². The van der Waals surface area contributed by atoms with Gasteiger partial charge in [0.15, 0.2) is 0 Å². The van der Waals surface area contributed by atoms with Crippen molar-refractivity contribution in [2.45, 2.75) is 57.5 Å². The lowest BCUT2D eigenvalue weighted by Crippen LogP contribution is -2.53. The van der Waals surface area contributed by atoms with Crippen LogP contribution >= 0.6 is 34.8 Å². The van der Waals surface area contributed by atoms with Crippen LogP contribution in [-0.4, -0.2) is 44.3 Å². The van der Waals surface area contributed by atoms with Gasteiger partial charge in [0.2, 0.25) is 11.8 Å². The Hall–Kier alpha value is -3.56. The summed E-state index contributed by atoms with van der Waals surface area (Å²) < 4.78 is 29.6. The van der Waals surface area contributed by atoms with E-state index < -0.39 is 28.5 Å². The second kappa shape index (κ2) is 16.5. The number of nitrogens with one attached hydrogen (secondary N) is 1. The quantitative estimate of drug-likeness (QED) is 0.134. The predicted octanol–water partition coefficient (Wildman–Crippen LogP) is 8.02. The molecule has 248 valence electrons. The molecule has 0 aliphatic rings. The lowest BCUT2D eigenvalue weighted by molar-refractivity contribution is -0.140. The number of carbonyl (C=O) groups is 2. The van der Waals surface area contributed by atoms with Gasteiger partial charge in [-0.1, -0.05) is 108 Å². The topological polar surface area (TPSA) is 86.8 Å². The van der Waals surface area contributed by atoms with Gasteiger partial charge in [-0.15, -0.1) is 0 Å². The van der Waals surface area contributed by atoms with E-state index in [1.807, 2.05) is 44.2 Å². The standard InChI is InChI=1S/C36H38Cl3N3O4S/c1-4-5-19-40-36(44)34(20-27-9-7-6-8-10-27)41(23-28-14-16-29(37)21-32(28)39)35(43)24-42(33-22-30(38)15-13-26(33)3)47(45,46)31-17-11-25(2)12-18-31/h6-18,21-22,34H,4-5,19-20,23-24H2,1-3H3,(H,40,44)/t34-/m1/s1. The van der Waals surface area contributed by atoms with Gasteiger partial charge in [0.25, 0.3) is 10.0 Å². The van der Waals surface area contributed by atoms with Gasteiger partial charge in [-0.25, -0.2) is 8.42 Å². The Labute approximate surface area is 292 Å². The summed E-state index contributed by atoms with van der Waals surface area (Å²) in [4.78, 5) is 30.0. The van der Waals surface area contributed by atoms with E-state index >= 15 is 0 Å². The number of hydrogen-bond acceptors (Lipinski definition) is 4. The van der Waals surface area contributed by atoms with E-state index in [-0.39, 0.29) is 29.5 Å². The van der Waals surface area contributed by atoms with Crippen molar-refractivity contribution >= 4 is 62.3 Å². The van der Waals surface area contributed by atoms with E-state index in [0.717, 1.165) is 28.3 Å². The zero-order chi connectivity index (χ0) is 34.1. The normalized spacial score (nSPS) is 12.0. The van der Waals surface area contributed by atoms with Crippen molar-refractivity contribution in [1.29, 1.82) is 0 Å². The van der Waals surface area contributed by atoms with E-state index in [1.54, 1.807) is 49.4 Å². The predicted molar refractivity (Wildman–Crippen MR) is 191 cm³/mol. The molecule has 4 aromatic rings. The minimum Gasteiger partial charge on any atom is -0.354 e. The second-order valence-electron chi connectivity index (χ2n) is 11.4. The Bertz CT molecular complexity index is 1800. The number of benzene rings is 4. The van der Waals surface area contributed by atoms with E-state index in [9.17, 15) is 18.0 Å². The Morgan fingerprint density at radius 3 is 2.17 bits per heavy atom. The van der Waals surface area contributed by atoms with Crippen LogP contribution < -0.4 is 9.62 Å². The Kier molecular flexibility index (Phi) is 12.7. The van der Waals surface area contributed by atoms with Gasteiger partial charge < -0.3 is 10.2 Å². The monoisotopic (exact) mass is 713 g/mol. The highest BCUT2D eigenvalue weighted by atomic mass is 35.5. The van der Waals surface area contributed by atoms with Crippen molar-refractivity contribution in [3.05, 3.63) is 128 Å². The van der Waals surface area contributed by atoms with Gasteiger partial charge in [-0.3, -0.25) is 13.9 Å². The molecule has 0 bridgehead atoms. The van der Waals surface area contributed by atoms with Crippen LogP contribution in [0.1, 0.15) is 42.0 Å². The number of anilines is 1. The van der Waals surface area contributed by atoms with Crippen molar-refractivity contribution in [3.63, 3.8) is 0 Å². The molecule has 47 heavy (non-hydrogen) atoms. The lowest BCUT2D eigenvalue weighted by Gasteiger charge is -2.34. The molecular weight excluding hydrogens is 677 g/mol. The van der Waals surface area contributed by atoms with Gasteiger partial charge in [0.1, 0.15) is 12.6 Å². The van der Waals surface area contributed by atoms with Crippen molar-refractivity contribution in [2.75, 3.05) is 17.4 Å². The minimum atomic E-state index is -4.26. The lowest BCUT2D eigenvalue weighted by atomic mass is 10.0. The molecule has 0 radical (unpaired) electrons. The number of sulfonamides is 1. The number of unbranched alkanes of at least 4 members (excludes halogenated alkanes) is 1. The van der Waals surface area contributed by atoms with Crippen molar-refractivity contribution in [1.82, 2.24) is 10.2 Å². The number of rotatable bonds is 14. The Morgan fingerprint density at radius 1 is 0.851 bits per heavy atom. The van der Waals surface area contributed by atoms with Gasteiger partial charge >= 0.3 is 0 Å². The summed E-state index contributed by atoms with van der Waals surface area (Å²) in [6.45, 7) is 5.39. The molecule has 0 aliphatic carbocycles. The number of amides is 2. The summed E-state index contributed by atoms with van der Waals surface area (Å²) >= 11 is 19.1. The average molecular weight is 715 g/mol. The van der Waals surface area contributed by atoms with E-state index in [2.05, 4.69) is 5.32 Å². The van der Waals surface area contributed by atoms with Crippen LogP contribution in [0.5, 0.6) is 0 Å². The highest BCUT2D eigenvalue weighted by Gasteiger charge is 2.35. The summed E-state index contributed by atoms with van der Waals surface area (Å²) in [6.07, 6.45) is 1.82. The van der Waals surface area contributed by atoms with Crippen molar-refractivity contribution in [2.24, 2.45) is 0 Å². The molecule has 1 atom stereocenters. The number of nitrogens with zero attached hydrogens (tertiary/aromatic N) is 2. The molecular formula is C36H38Cl3N3O4S. The Balaban J connectivity index is 1.84. The molecule has 4 aromatic carbocycles. The SMILES string of the molecule is CCCCNC(=O)[C@@H](Cc1ccccc1)N(Cc1ccc(Cl)cc1Cl)C(=O)CN(c1cc(Cl)ccc1C)S(=O)(=O)c1ccc(C)cc1. The first-order valence-corrected chi connectivity index (χ1v) is 17.9. The number of halogens is 3. The third-order valence-electron chi connectivity index (χ3n) is 7.78. The van der Waals surface area contributed by atoms with Crippen LogP contribution in [-0.2, 0) is 32.6 Å². The third kappa shape index (κ3) is 9.51. The average Bonchev–Trinajstić information content (AvgIpc) is 3.04. The van der Waals surface area contributed by atoms with Crippen LogP contribution in [0, 0.1) is 13.8 Å². The fourth-order valence-corrected chi connectivity index (χ4v) is 7.20. The van der Waals surface area contributed by atoms with Crippen LogP contribution in [0.15, 0.2) is 95.9 Å². The minimum absolute atomic E-state index is 0.0146. The fraction of sp³-hybridized carbons (Fsp3) is 0.278. The summed E-state index contributed by atoms with van der Waals surface area (Å²) in [5, 5.41) is 4.02. The molecule has 11 heteroatoms. The van der Waals surface area contributed by atoms with Gasteiger partial charge in [0.05, 0.1) is 10.6 Å². The van der Waals surface area contributed by atoms with Crippen LogP contribution in [0.25, 0.3) is 0 Å². The van der Waals surface area contributed by atoms with Gasteiger partial charge in [-0.05, 0) is 73.4 Å². The maximum atomic E-state index is 14.6. The summed E-state index contributed by atoms with van der Waals surface area (Å²) in [6, 6.07) is 24.6. The summed E-state index contributed by atoms with van der Waals surface area (Å²) in [5.41, 5.74) is 3.12. The zero-order valence-corrected chi connectivity index (χ0v) is 29.6. The second-order valence-corrected chi connectivity index (χ2v) is 14.5. The van der Waals surface area contributed by atoms with Crippen LogP contribution in [0.4, 0.5) is 5.69 Å². The molecule has 0 heterocycles. The highest BCUT2D eigenvalue weighted by Crippen LogP contribution is 2.31. The maximum Gasteiger partial charge on any atom is 0.264 e. The molecule has 1 N–H and O–H groups in total. The smallest absolute Gasteiger partial charge is 0.264 e. The highest BCUT2D eigenvalue weighted by molar-refractivity contribution is 7.92. The molecule has 0 saturated heterocycles. The molecule has 0 unspecified atom stereocenters. The summed E-state index contributed by atoms with van der Waals surface area (Å²) in [5.74, 6) is -0.953. The van der Waals surface area contributed by atoms with Crippen molar-refractivity contribution < 1.29 is 18.0 Å². The molecule has 0 spiro atoms. The molecule has 7 nitrogen and oxygen atoms in total. The van der Waals surface area contributed by atoms with Crippen LogP contribution in [0.2, 0.25) is 15.1 Å². The largest absolute Gasteiger partial charge is 0.354 e. The molecule has 0 fully saturated rings. The molecule has 2 amide bonds. The first kappa shape index (κ1) is 36.3. The first-order valence-electron chi connectivity index (χ1n) is 15.3. The zero-order valence-electron chi connectivity index (χ0n) is 26.5. The maximum absolute atomic E-state index is 14.6. The van der Waals surface area contributed by atoms with Crippen molar-refractivity contribution in [3.8, 4) is 0 Å². The third-order valence-corrected chi connectivity index (χ3v) is 10.4. The molecule has 0 saturated carbocycles. The van der Waals surface area contributed by atoms with Gasteiger partial charge in [0, 0.05) is 34.6 Å². The van der Waals surface area contributed by atoms with Crippen LogP contribution in [0.3, 0.4) is 0 Å². The van der Waals surface area contributed by atoms with E-state index in [4.69, 9.17) is 34.8 Å². The summed E-state index contributed by atoms with van der Waals surface area (Å²) in [7, 11) is -4.26. The first-order chi connectivity index (χ1) is 22.4. The van der Waals surface area contributed by atoms with E-state index in [1.165, 1.54) is 23.1 Å². The fourth-order valence-electron chi connectivity index (χ4n) is 5.10. The Morgan fingerprint density at radius 2 is 1.51 bits per heavy atom. The number of aryl methyl sites for hydroxylation is 2. The number of carbonyl (C=O) groups excluding carboxylic acids is 2. The van der Waals surface area contributed by atoms with E-state index in [0.29, 0.717) is 32.7 Å². The molecule has 4 rings (SSSR count). The molecule has 0 aliphatic heterocycles. The molecule has 0 aromatic heterocycles. The number of hydrogen-bond donors (Lipinski definition) is 1.